The minimum absolute atomic E-state index is 0.198. The van der Waals surface area contributed by atoms with Crippen LogP contribution in [0.25, 0.3) is 5.00 Å². The number of aryl methyl sites for hydroxylation is 3. The third kappa shape index (κ3) is 5.78. The average molecular weight is 627 g/mol. The number of nitrogens with zero attached hydrogens (tertiary/aromatic N) is 2. The Balaban J connectivity index is 1.36. The fourth-order valence-electron chi connectivity index (χ4n) is 4.84. The topological polar surface area (TPSA) is 64.8 Å². The van der Waals surface area contributed by atoms with Crippen molar-refractivity contribution in [2.45, 2.75) is 46.1 Å². The van der Waals surface area contributed by atoms with Gasteiger partial charge in [-0.15, -0.1) is 11.3 Å². The summed E-state index contributed by atoms with van der Waals surface area (Å²) in [6.07, 6.45) is 5.78. The maximum absolute atomic E-state index is 13.5. The van der Waals surface area contributed by atoms with E-state index in [9.17, 15) is 4.79 Å². The van der Waals surface area contributed by atoms with Gasteiger partial charge in [-0.1, -0.05) is 29.8 Å². The highest BCUT2D eigenvalue weighted by Gasteiger charge is 2.27. The second kappa shape index (κ2) is 12.0. The zero-order chi connectivity index (χ0) is 27.5. The van der Waals surface area contributed by atoms with E-state index in [1.54, 1.807) is 24.7 Å². The van der Waals surface area contributed by atoms with E-state index in [-0.39, 0.29) is 5.91 Å². The van der Waals surface area contributed by atoms with Crippen molar-refractivity contribution in [2.75, 3.05) is 7.11 Å². The Labute approximate surface area is 245 Å². The Hall–Kier alpha value is -3.07. The van der Waals surface area contributed by atoms with Crippen LogP contribution >= 0.6 is 38.9 Å². The van der Waals surface area contributed by atoms with Gasteiger partial charge in [0.2, 0.25) is 0 Å². The molecule has 2 aromatic heterocycles. The first-order valence-electron chi connectivity index (χ1n) is 12.7. The number of hydrogen-bond donors (Lipinski definition) is 1. The molecule has 202 valence electrons. The molecule has 1 aliphatic rings. The molecule has 1 aliphatic carbocycles. The van der Waals surface area contributed by atoms with Crippen LogP contribution in [0.3, 0.4) is 0 Å². The van der Waals surface area contributed by atoms with E-state index in [1.165, 1.54) is 4.88 Å². The van der Waals surface area contributed by atoms with Crippen LogP contribution in [-0.4, -0.2) is 23.8 Å². The lowest BCUT2D eigenvalue weighted by Gasteiger charge is -2.14. The highest BCUT2D eigenvalue weighted by Crippen LogP contribution is 2.38. The number of carbonyl (C=O) groups is 1. The van der Waals surface area contributed by atoms with Crippen molar-refractivity contribution in [1.29, 1.82) is 0 Å². The van der Waals surface area contributed by atoms with E-state index in [4.69, 9.17) is 21.1 Å². The highest BCUT2D eigenvalue weighted by atomic mass is 79.9. The number of fused-ring (bicyclic) bond motifs is 1. The zero-order valence-electron chi connectivity index (χ0n) is 22.0. The Morgan fingerprint density at radius 3 is 2.62 bits per heavy atom. The SMILES string of the molecule is COc1cc(/C=N/NC(=O)c2c(-n3c(C)ccc3C)sc3c2CCCC3)c(Br)cc1OCc1ccccc1Cl. The van der Waals surface area contributed by atoms with Crippen molar-refractivity contribution in [3.63, 3.8) is 0 Å². The number of benzene rings is 2. The van der Waals surface area contributed by atoms with E-state index in [2.05, 4.69) is 57.0 Å². The fourth-order valence-corrected chi connectivity index (χ4v) is 6.96. The molecule has 2 heterocycles. The summed E-state index contributed by atoms with van der Waals surface area (Å²) in [7, 11) is 1.58. The van der Waals surface area contributed by atoms with Crippen molar-refractivity contribution in [1.82, 2.24) is 9.99 Å². The zero-order valence-corrected chi connectivity index (χ0v) is 25.2. The Kier molecular flexibility index (Phi) is 8.45. The van der Waals surface area contributed by atoms with Crippen LogP contribution in [0.1, 0.15) is 56.2 Å². The van der Waals surface area contributed by atoms with Crippen LogP contribution < -0.4 is 14.9 Å². The van der Waals surface area contributed by atoms with E-state index >= 15 is 0 Å². The van der Waals surface area contributed by atoms with Crippen LogP contribution in [0.15, 0.2) is 58.1 Å². The first-order chi connectivity index (χ1) is 18.9. The molecule has 6 nitrogen and oxygen atoms in total. The number of rotatable bonds is 8. The van der Waals surface area contributed by atoms with Gasteiger partial charge in [0, 0.05) is 36.9 Å². The molecular formula is C30H29BrClN3O3S. The van der Waals surface area contributed by atoms with Gasteiger partial charge in [0.25, 0.3) is 5.91 Å². The van der Waals surface area contributed by atoms with Crippen LogP contribution in [0.2, 0.25) is 5.02 Å². The summed E-state index contributed by atoms with van der Waals surface area (Å²) < 4.78 is 14.5. The van der Waals surface area contributed by atoms with Gasteiger partial charge >= 0.3 is 0 Å². The quantitative estimate of drug-likeness (QED) is 0.160. The molecule has 0 spiro atoms. The lowest BCUT2D eigenvalue weighted by Crippen LogP contribution is -2.21. The summed E-state index contributed by atoms with van der Waals surface area (Å²) in [5.41, 5.74) is 8.50. The van der Waals surface area contributed by atoms with Crippen molar-refractivity contribution in [3.8, 4) is 16.5 Å². The molecule has 39 heavy (non-hydrogen) atoms. The maximum Gasteiger partial charge on any atom is 0.274 e. The monoisotopic (exact) mass is 625 g/mol. The molecule has 2 aromatic carbocycles. The summed E-state index contributed by atoms with van der Waals surface area (Å²) in [4.78, 5) is 14.8. The fraction of sp³-hybridized carbons (Fsp3) is 0.267. The molecule has 5 rings (SSSR count). The van der Waals surface area contributed by atoms with Crippen molar-refractivity contribution >= 4 is 51.0 Å². The van der Waals surface area contributed by atoms with Crippen LogP contribution in [0.4, 0.5) is 0 Å². The lowest BCUT2D eigenvalue weighted by atomic mass is 9.95. The maximum atomic E-state index is 13.5. The average Bonchev–Trinajstić information content (AvgIpc) is 3.47. The second-order valence-electron chi connectivity index (χ2n) is 9.45. The number of carbonyl (C=O) groups excluding carboxylic acids is 1. The van der Waals surface area contributed by atoms with Gasteiger partial charge in [-0.2, -0.15) is 5.10 Å². The summed E-state index contributed by atoms with van der Waals surface area (Å²) >= 11 is 11.6. The summed E-state index contributed by atoms with van der Waals surface area (Å²) in [6.45, 7) is 4.44. The number of thiophene rings is 1. The molecule has 0 radical (unpaired) electrons. The van der Waals surface area contributed by atoms with E-state index in [1.807, 2.05) is 36.4 Å². The molecule has 1 N–H and O–H groups in total. The van der Waals surface area contributed by atoms with E-state index < -0.39 is 0 Å². The predicted molar refractivity (Wildman–Crippen MR) is 161 cm³/mol. The normalized spacial score (nSPS) is 12.9. The Morgan fingerprint density at radius 1 is 1.13 bits per heavy atom. The van der Waals surface area contributed by atoms with Crippen LogP contribution in [0, 0.1) is 13.8 Å². The molecule has 0 atom stereocenters. The molecule has 0 saturated carbocycles. The molecule has 1 amide bonds. The number of halogens is 2. The van der Waals surface area contributed by atoms with Crippen molar-refractivity contribution < 1.29 is 14.3 Å². The summed E-state index contributed by atoms with van der Waals surface area (Å²) in [5.74, 6) is 0.916. The minimum Gasteiger partial charge on any atom is -0.493 e. The standard InChI is InChI=1S/C30H29BrClN3O3S/c1-18-12-13-19(2)35(18)30-28(22-9-5-7-11-27(22)39-30)29(36)34-33-16-21-14-25(37-3)26(15-23(21)31)38-17-20-8-4-6-10-24(20)32/h4,6,8,10,12-16H,5,7,9,11,17H2,1-3H3,(H,34,36)/b33-16+. The summed E-state index contributed by atoms with van der Waals surface area (Å²) in [5, 5.41) is 5.93. The lowest BCUT2D eigenvalue weighted by molar-refractivity contribution is 0.0954. The van der Waals surface area contributed by atoms with Crippen molar-refractivity contribution in [2.24, 2.45) is 5.10 Å². The molecule has 0 bridgehead atoms. The van der Waals surface area contributed by atoms with Gasteiger partial charge in [0.15, 0.2) is 11.5 Å². The van der Waals surface area contributed by atoms with Gasteiger partial charge in [-0.05, 0) is 91.4 Å². The van der Waals surface area contributed by atoms with Gasteiger partial charge in [-0.25, -0.2) is 5.43 Å². The third-order valence-electron chi connectivity index (χ3n) is 6.85. The van der Waals surface area contributed by atoms with Crippen LogP contribution in [0.5, 0.6) is 11.5 Å². The number of amides is 1. The number of hydrogen-bond acceptors (Lipinski definition) is 5. The van der Waals surface area contributed by atoms with E-state index in [0.29, 0.717) is 23.1 Å². The van der Waals surface area contributed by atoms with Gasteiger partial charge in [0.1, 0.15) is 11.6 Å². The molecule has 0 aliphatic heterocycles. The first-order valence-corrected chi connectivity index (χ1v) is 14.7. The number of hydrazone groups is 1. The molecule has 0 fully saturated rings. The smallest absolute Gasteiger partial charge is 0.274 e. The van der Waals surface area contributed by atoms with Gasteiger partial charge in [0.05, 0.1) is 18.9 Å². The number of methoxy groups -OCH3 is 1. The largest absolute Gasteiger partial charge is 0.493 e. The van der Waals surface area contributed by atoms with E-state index in [0.717, 1.165) is 68.8 Å². The number of ether oxygens (including phenoxy) is 2. The van der Waals surface area contributed by atoms with Crippen LogP contribution in [-0.2, 0) is 19.4 Å². The van der Waals surface area contributed by atoms with Crippen molar-refractivity contribution in [3.05, 3.63) is 96.5 Å². The molecule has 9 heteroatoms. The molecule has 4 aromatic rings. The highest BCUT2D eigenvalue weighted by molar-refractivity contribution is 9.10. The predicted octanol–water partition coefficient (Wildman–Crippen LogP) is 7.80. The Morgan fingerprint density at radius 2 is 1.87 bits per heavy atom. The number of aromatic nitrogens is 1. The molecule has 0 unspecified atom stereocenters. The van der Waals surface area contributed by atoms with Gasteiger partial charge < -0.3 is 14.0 Å². The summed E-state index contributed by atoms with van der Waals surface area (Å²) in [6, 6.07) is 15.4. The molecule has 0 saturated heterocycles. The third-order valence-corrected chi connectivity index (χ3v) is 9.18. The second-order valence-corrected chi connectivity index (χ2v) is 11.8. The Bertz CT molecular complexity index is 1540. The number of nitrogens with one attached hydrogen (secondary N) is 1. The first kappa shape index (κ1) is 27.5. The molecular weight excluding hydrogens is 598 g/mol. The minimum atomic E-state index is -0.198. The van der Waals surface area contributed by atoms with Gasteiger partial charge in [-0.3, -0.25) is 4.79 Å².